The molecular weight excluding hydrogens is 284 g/mol. The van der Waals surface area contributed by atoms with Crippen molar-refractivity contribution in [2.24, 2.45) is 0 Å². The first-order valence-electron chi connectivity index (χ1n) is 3.78. The number of aliphatic hydroxyl groups excluding tert-OH is 1. The zero-order valence-corrected chi connectivity index (χ0v) is 9.73. The van der Waals surface area contributed by atoms with Crippen LogP contribution in [0.4, 0.5) is 0 Å². The molecule has 12 heavy (non-hydrogen) atoms. The van der Waals surface area contributed by atoms with Crippen LogP contribution in [0.3, 0.4) is 0 Å². The molecule has 1 nitrogen and oxygen atoms in total. The Bertz CT molecular complexity index is 240. The molecule has 0 saturated carbocycles. The fraction of sp³-hybridized carbons (Fsp3) is 0.333. The second-order valence-electron chi connectivity index (χ2n) is 2.60. The summed E-state index contributed by atoms with van der Waals surface area (Å²) in [6.07, 6.45) is 1.75. The van der Waals surface area contributed by atoms with E-state index in [1.807, 2.05) is 6.07 Å². The van der Waals surface area contributed by atoms with Crippen molar-refractivity contribution in [1.29, 1.82) is 0 Å². The Morgan fingerprint density at radius 3 is 2.17 bits per heavy atom. The SMILES string of the molecule is OCCCc1cc(Br)cc(Br)c1. The Morgan fingerprint density at radius 2 is 1.67 bits per heavy atom. The molecule has 1 N–H and O–H groups in total. The van der Waals surface area contributed by atoms with Gasteiger partial charge in [-0.15, -0.1) is 0 Å². The summed E-state index contributed by atoms with van der Waals surface area (Å²) in [7, 11) is 0. The molecule has 0 saturated heterocycles. The quantitative estimate of drug-likeness (QED) is 0.908. The van der Waals surface area contributed by atoms with Gasteiger partial charge in [0.2, 0.25) is 0 Å². The maximum absolute atomic E-state index is 8.64. The van der Waals surface area contributed by atoms with Gasteiger partial charge in [-0.25, -0.2) is 0 Å². The zero-order chi connectivity index (χ0) is 8.97. The molecule has 0 bridgehead atoms. The maximum Gasteiger partial charge on any atom is 0.0434 e. The highest BCUT2D eigenvalue weighted by Crippen LogP contribution is 2.20. The van der Waals surface area contributed by atoms with Gasteiger partial charge in [-0.05, 0) is 36.6 Å². The van der Waals surface area contributed by atoms with E-state index in [1.54, 1.807) is 0 Å². The van der Waals surface area contributed by atoms with Gasteiger partial charge in [0.1, 0.15) is 0 Å². The Hall–Kier alpha value is 0.140. The lowest BCUT2D eigenvalue weighted by Crippen LogP contribution is -1.89. The van der Waals surface area contributed by atoms with Crippen molar-refractivity contribution in [2.75, 3.05) is 6.61 Å². The molecule has 0 aliphatic rings. The van der Waals surface area contributed by atoms with Crippen molar-refractivity contribution < 1.29 is 5.11 Å². The summed E-state index contributed by atoms with van der Waals surface area (Å²) in [6, 6.07) is 6.14. The van der Waals surface area contributed by atoms with Crippen molar-refractivity contribution in [3.63, 3.8) is 0 Å². The molecule has 3 heteroatoms. The van der Waals surface area contributed by atoms with Crippen molar-refractivity contribution in [3.05, 3.63) is 32.7 Å². The Morgan fingerprint density at radius 1 is 1.08 bits per heavy atom. The molecule has 1 rings (SSSR count). The summed E-state index contributed by atoms with van der Waals surface area (Å²) in [6.45, 7) is 0.254. The largest absolute Gasteiger partial charge is 0.396 e. The summed E-state index contributed by atoms with van der Waals surface area (Å²) < 4.78 is 2.15. The highest BCUT2D eigenvalue weighted by Gasteiger charge is 1.96. The molecule has 66 valence electrons. The van der Waals surface area contributed by atoms with Gasteiger partial charge in [-0.1, -0.05) is 31.9 Å². The van der Waals surface area contributed by atoms with E-state index in [-0.39, 0.29) is 6.61 Å². The Balaban J connectivity index is 2.72. The second kappa shape index (κ2) is 5.00. The Labute approximate surface area is 89.1 Å². The van der Waals surface area contributed by atoms with Crippen LogP contribution < -0.4 is 0 Å². The molecular formula is C9H10Br2O. The van der Waals surface area contributed by atoms with Crippen LogP contribution in [0.2, 0.25) is 0 Å². The van der Waals surface area contributed by atoms with E-state index in [9.17, 15) is 0 Å². The number of halogens is 2. The van der Waals surface area contributed by atoms with Gasteiger partial charge in [0.25, 0.3) is 0 Å². The van der Waals surface area contributed by atoms with Crippen molar-refractivity contribution in [2.45, 2.75) is 12.8 Å². The first-order valence-corrected chi connectivity index (χ1v) is 5.37. The van der Waals surface area contributed by atoms with Gasteiger partial charge in [0.15, 0.2) is 0 Å². The average molecular weight is 294 g/mol. The monoisotopic (exact) mass is 292 g/mol. The minimum Gasteiger partial charge on any atom is -0.396 e. The number of hydrogen-bond acceptors (Lipinski definition) is 1. The summed E-state index contributed by atoms with van der Waals surface area (Å²) in [5, 5.41) is 8.64. The van der Waals surface area contributed by atoms with Gasteiger partial charge >= 0.3 is 0 Å². The van der Waals surface area contributed by atoms with Crippen LogP contribution in [-0.2, 0) is 6.42 Å². The molecule has 0 amide bonds. The molecule has 0 fully saturated rings. The molecule has 0 unspecified atom stereocenters. The lowest BCUT2D eigenvalue weighted by atomic mass is 10.1. The molecule has 0 atom stereocenters. The van der Waals surface area contributed by atoms with Crippen molar-refractivity contribution in [3.8, 4) is 0 Å². The third-order valence-electron chi connectivity index (χ3n) is 1.55. The lowest BCUT2D eigenvalue weighted by Gasteiger charge is -2.01. The molecule has 0 aliphatic heterocycles. The summed E-state index contributed by atoms with van der Waals surface area (Å²) in [5.41, 5.74) is 1.24. The molecule has 1 aromatic rings. The van der Waals surface area contributed by atoms with Crippen LogP contribution in [-0.4, -0.2) is 11.7 Å². The van der Waals surface area contributed by atoms with Gasteiger partial charge < -0.3 is 5.11 Å². The Kier molecular flexibility index (Phi) is 4.26. The first-order chi connectivity index (χ1) is 5.72. The van der Waals surface area contributed by atoms with E-state index >= 15 is 0 Å². The number of rotatable bonds is 3. The van der Waals surface area contributed by atoms with E-state index in [1.165, 1.54) is 5.56 Å². The van der Waals surface area contributed by atoms with E-state index in [0.29, 0.717) is 0 Å². The zero-order valence-electron chi connectivity index (χ0n) is 6.56. The highest BCUT2D eigenvalue weighted by molar-refractivity contribution is 9.11. The van der Waals surface area contributed by atoms with E-state index < -0.39 is 0 Å². The smallest absolute Gasteiger partial charge is 0.0434 e. The second-order valence-corrected chi connectivity index (χ2v) is 4.44. The number of aryl methyl sites for hydroxylation is 1. The van der Waals surface area contributed by atoms with Crippen LogP contribution in [0.5, 0.6) is 0 Å². The van der Waals surface area contributed by atoms with Crippen LogP contribution in [0, 0.1) is 0 Å². The maximum atomic E-state index is 8.64. The molecule has 0 aromatic heterocycles. The van der Waals surface area contributed by atoms with Gasteiger partial charge in [0.05, 0.1) is 0 Å². The number of aliphatic hydroxyl groups is 1. The van der Waals surface area contributed by atoms with Gasteiger partial charge in [-0.2, -0.15) is 0 Å². The standard InChI is InChI=1S/C9H10Br2O/c10-8-4-7(2-1-3-12)5-9(11)6-8/h4-6,12H,1-3H2. The average Bonchev–Trinajstić information content (AvgIpc) is 1.99. The summed E-state index contributed by atoms with van der Waals surface area (Å²) >= 11 is 6.82. The van der Waals surface area contributed by atoms with Crippen LogP contribution in [0.15, 0.2) is 27.1 Å². The fourth-order valence-corrected chi connectivity index (χ4v) is 2.43. The highest BCUT2D eigenvalue weighted by atomic mass is 79.9. The van der Waals surface area contributed by atoms with E-state index in [0.717, 1.165) is 21.8 Å². The molecule has 1 aromatic carbocycles. The predicted molar refractivity (Wildman–Crippen MR) is 57.2 cm³/mol. The molecule has 0 heterocycles. The minimum absolute atomic E-state index is 0.254. The van der Waals surface area contributed by atoms with Gasteiger partial charge in [-0.3, -0.25) is 0 Å². The molecule has 0 spiro atoms. The van der Waals surface area contributed by atoms with Crippen LogP contribution in [0.1, 0.15) is 12.0 Å². The summed E-state index contributed by atoms with van der Waals surface area (Å²) in [5.74, 6) is 0. The van der Waals surface area contributed by atoms with Crippen molar-refractivity contribution >= 4 is 31.9 Å². The van der Waals surface area contributed by atoms with E-state index in [2.05, 4.69) is 44.0 Å². The van der Waals surface area contributed by atoms with E-state index in [4.69, 9.17) is 5.11 Å². The molecule has 0 radical (unpaired) electrons. The first kappa shape index (κ1) is 10.2. The fourth-order valence-electron chi connectivity index (χ4n) is 1.04. The topological polar surface area (TPSA) is 20.2 Å². The third-order valence-corrected chi connectivity index (χ3v) is 2.46. The van der Waals surface area contributed by atoms with Gasteiger partial charge in [0, 0.05) is 15.6 Å². The van der Waals surface area contributed by atoms with Crippen LogP contribution in [0.25, 0.3) is 0 Å². The molecule has 0 aliphatic carbocycles. The van der Waals surface area contributed by atoms with Crippen molar-refractivity contribution in [1.82, 2.24) is 0 Å². The lowest BCUT2D eigenvalue weighted by molar-refractivity contribution is 0.288. The normalized spacial score (nSPS) is 10.2. The summed E-state index contributed by atoms with van der Waals surface area (Å²) in [4.78, 5) is 0. The number of hydrogen-bond donors (Lipinski definition) is 1. The predicted octanol–water partition coefficient (Wildman–Crippen LogP) is 3.14. The minimum atomic E-state index is 0.254. The third kappa shape index (κ3) is 3.25. The van der Waals surface area contributed by atoms with Crippen LogP contribution >= 0.6 is 31.9 Å². The number of benzene rings is 1.